The first-order valence-corrected chi connectivity index (χ1v) is 5.19. The van der Waals surface area contributed by atoms with Gasteiger partial charge >= 0.3 is 0 Å². The Hall–Kier alpha value is -2.81. The average Bonchev–Trinajstić information content (AvgIpc) is 2.46. The van der Waals surface area contributed by atoms with Crippen molar-refractivity contribution in [2.24, 2.45) is 0 Å². The Bertz CT molecular complexity index is 574. The van der Waals surface area contributed by atoms with Gasteiger partial charge in [0, 0.05) is 12.4 Å². The van der Waals surface area contributed by atoms with Crippen molar-refractivity contribution in [3.05, 3.63) is 53.9 Å². The van der Waals surface area contributed by atoms with Crippen molar-refractivity contribution in [2.75, 3.05) is 0 Å². The first-order valence-electron chi connectivity index (χ1n) is 5.19. The molecule has 2 aromatic rings. The quantitative estimate of drug-likeness (QED) is 0.850. The predicted octanol–water partition coefficient (Wildman–Crippen LogP) is 0.673. The Morgan fingerprint density at radius 2 is 2.22 bits per heavy atom. The van der Waals surface area contributed by atoms with Crippen LogP contribution in [0.25, 0.3) is 0 Å². The fourth-order valence-electron chi connectivity index (χ4n) is 1.28. The van der Waals surface area contributed by atoms with Crippen molar-refractivity contribution < 1.29 is 4.79 Å². The standard InChI is InChI=1S/C12H9N5O/c13-5-9-1-2-11(15-6-9)12(18)16-7-10-3-4-14-8-17-10/h1-4,6,8H,7H2,(H,16,18). The number of hydrogen-bond donors (Lipinski definition) is 1. The topological polar surface area (TPSA) is 91.6 Å². The SMILES string of the molecule is N#Cc1ccc(C(=O)NCc2ccncn2)nc1. The zero-order valence-corrected chi connectivity index (χ0v) is 9.37. The molecule has 18 heavy (non-hydrogen) atoms. The van der Waals surface area contributed by atoms with Crippen LogP contribution in [-0.2, 0) is 6.54 Å². The van der Waals surface area contributed by atoms with Crippen LogP contribution in [0.15, 0.2) is 36.9 Å². The van der Waals surface area contributed by atoms with Gasteiger partial charge in [-0.3, -0.25) is 4.79 Å². The van der Waals surface area contributed by atoms with E-state index in [1.165, 1.54) is 18.6 Å². The van der Waals surface area contributed by atoms with Gasteiger partial charge in [-0.1, -0.05) is 0 Å². The number of nitrogens with one attached hydrogen (secondary N) is 1. The minimum Gasteiger partial charge on any atom is -0.345 e. The molecule has 0 unspecified atom stereocenters. The summed E-state index contributed by atoms with van der Waals surface area (Å²) >= 11 is 0. The lowest BCUT2D eigenvalue weighted by Crippen LogP contribution is -2.24. The highest BCUT2D eigenvalue weighted by Crippen LogP contribution is 1.99. The van der Waals surface area contributed by atoms with E-state index in [4.69, 9.17) is 5.26 Å². The maximum atomic E-state index is 11.7. The Morgan fingerprint density at radius 3 is 2.83 bits per heavy atom. The summed E-state index contributed by atoms with van der Waals surface area (Å²) in [6, 6.07) is 6.71. The smallest absolute Gasteiger partial charge is 0.270 e. The molecule has 0 aliphatic heterocycles. The van der Waals surface area contributed by atoms with E-state index in [1.807, 2.05) is 6.07 Å². The number of nitriles is 1. The van der Waals surface area contributed by atoms with Crippen LogP contribution in [-0.4, -0.2) is 20.9 Å². The van der Waals surface area contributed by atoms with E-state index in [2.05, 4.69) is 20.3 Å². The number of aromatic nitrogens is 3. The summed E-state index contributed by atoms with van der Waals surface area (Å²) < 4.78 is 0. The van der Waals surface area contributed by atoms with E-state index in [9.17, 15) is 4.79 Å². The summed E-state index contributed by atoms with van der Waals surface area (Å²) in [6.45, 7) is 0.309. The van der Waals surface area contributed by atoms with Gasteiger partial charge < -0.3 is 5.32 Å². The van der Waals surface area contributed by atoms with E-state index in [-0.39, 0.29) is 11.6 Å². The van der Waals surface area contributed by atoms with Crippen molar-refractivity contribution in [1.29, 1.82) is 5.26 Å². The second-order valence-electron chi connectivity index (χ2n) is 3.43. The maximum Gasteiger partial charge on any atom is 0.270 e. The van der Waals surface area contributed by atoms with E-state index in [0.717, 1.165) is 0 Å². The lowest BCUT2D eigenvalue weighted by molar-refractivity contribution is 0.0945. The highest BCUT2D eigenvalue weighted by atomic mass is 16.1. The predicted molar refractivity (Wildman–Crippen MR) is 62.2 cm³/mol. The van der Waals surface area contributed by atoms with Crippen LogP contribution in [0.2, 0.25) is 0 Å². The number of hydrogen-bond acceptors (Lipinski definition) is 5. The number of rotatable bonds is 3. The highest BCUT2D eigenvalue weighted by molar-refractivity contribution is 5.92. The molecular weight excluding hydrogens is 230 g/mol. The van der Waals surface area contributed by atoms with Gasteiger partial charge in [-0.05, 0) is 18.2 Å². The van der Waals surface area contributed by atoms with E-state index in [1.54, 1.807) is 18.3 Å². The summed E-state index contributed by atoms with van der Waals surface area (Å²) in [5.74, 6) is -0.307. The molecule has 0 aliphatic rings. The monoisotopic (exact) mass is 239 g/mol. The molecule has 1 N–H and O–H groups in total. The minimum absolute atomic E-state index is 0.267. The molecule has 0 radical (unpaired) electrons. The minimum atomic E-state index is -0.307. The molecule has 6 heteroatoms. The molecule has 88 valence electrons. The third-order valence-electron chi connectivity index (χ3n) is 2.20. The Balaban J connectivity index is 1.98. The molecule has 0 fully saturated rings. The van der Waals surface area contributed by atoms with Gasteiger partial charge in [0.25, 0.3) is 5.91 Å². The van der Waals surface area contributed by atoms with Crippen molar-refractivity contribution in [3.8, 4) is 6.07 Å². The summed E-state index contributed by atoms with van der Waals surface area (Å²) in [6.07, 6.45) is 4.38. The van der Waals surface area contributed by atoms with Gasteiger partial charge in [-0.2, -0.15) is 5.26 Å². The number of pyridine rings is 1. The summed E-state index contributed by atoms with van der Waals surface area (Å²) in [5.41, 5.74) is 1.40. The third kappa shape index (κ3) is 2.86. The molecular formula is C12H9N5O. The van der Waals surface area contributed by atoms with Crippen LogP contribution in [0.4, 0.5) is 0 Å². The second-order valence-corrected chi connectivity index (χ2v) is 3.43. The lowest BCUT2D eigenvalue weighted by atomic mass is 10.2. The molecule has 0 atom stereocenters. The summed E-state index contributed by atoms with van der Waals surface area (Å²) in [7, 11) is 0. The molecule has 6 nitrogen and oxygen atoms in total. The zero-order valence-electron chi connectivity index (χ0n) is 9.37. The van der Waals surface area contributed by atoms with Crippen LogP contribution in [0, 0.1) is 11.3 Å². The van der Waals surface area contributed by atoms with E-state index < -0.39 is 0 Å². The van der Waals surface area contributed by atoms with Crippen molar-refractivity contribution in [2.45, 2.75) is 6.54 Å². The Labute approximate surface area is 103 Å². The number of amides is 1. The number of carbonyl (C=O) groups excluding carboxylic acids is 1. The fourth-order valence-corrected chi connectivity index (χ4v) is 1.28. The maximum absolute atomic E-state index is 11.7. The van der Waals surface area contributed by atoms with Crippen molar-refractivity contribution >= 4 is 5.91 Å². The molecule has 2 heterocycles. The second kappa shape index (κ2) is 5.50. The summed E-state index contributed by atoms with van der Waals surface area (Å²) in [4.78, 5) is 23.4. The fraction of sp³-hybridized carbons (Fsp3) is 0.0833. The van der Waals surface area contributed by atoms with Gasteiger partial charge in [0.15, 0.2) is 0 Å². The normalized spacial score (nSPS) is 9.50. The van der Waals surface area contributed by atoms with Crippen molar-refractivity contribution in [1.82, 2.24) is 20.3 Å². The van der Waals surface area contributed by atoms with E-state index in [0.29, 0.717) is 17.8 Å². The average molecular weight is 239 g/mol. The van der Waals surface area contributed by atoms with Crippen LogP contribution in [0.3, 0.4) is 0 Å². The van der Waals surface area contributed by atoms with Gasteiger partial charge in [-0.15, -0.1) is 0 Å². The molecule has 0 aliphatic carbocycles. The first kappa shape index (κ1) is 11.7. The molecule has 0 saturated carbocycles. The van der Waals surface area contributed by atoms with Crippen LogP contribution < -0.4 is 5.32 Å². The van der Waals surface area contributed by atoms with Gasteiger partial charge in [0.05, 0.1) is 17.8 Å². The third-order valence-corrected chi connectivity index (χ3v) is 2.20. The molecule has 0 bridgehead atoms. The molecule has 1 amide bonds. The number of carbonyl (C=O) groups is 1. The summed E-state index contributed by atoms with van der Waals surface area (Å²) in [5, 5.41) is 11.3. The Kier molecular flexibility index (Phi) is 3.56. The van der Waals surface area contributed by atoms with Crippen LogP contribution in [0.5, 0.6) is 0 Å². The lowest BCUT2D eigenvalue weighted by Gasteiger charge is -2.03. The Morgan fingerprint density at radius 1 is 1.33 bits per heavy atom. The first-order chi connectivity index (χ1) is 8.79. The van der Waals surface area contributed by atoms with Gasteiger partial charge in [0.1, 0.15) is 18.1 Å². The molecule has 0 spiro atoms. The molecule has 2 aromatic heterocycles. The molecule has 2 rings (SSSR count). The molecule has 0 saturated heterocycles. The van der Waals surface area contributed by atoms with E-state index >= 15 is 0 Å². The molecule has 0 aromatic carbocycles. The van der Waals surface area contributed by atoms with Crippen LogP contribution in [0.1, 0.15) is 21.7 Å². The number of nitrogens with zero attached hydrogens (tertiary/aromatic N) is 4. The largest absolute Gasteiger partial charge is 0.345 e. The van der Waals surface area contributed by atoms with Crippen molar-refractivity contribution in [3.63, 3.8) is 0 Å². The van der Waals surface area contributed by atoms with Gasteiger partial charge in [0.2, 0.25) is 0 Å². The van der Waals surface area contributed by atoms with Gasteiger partial charge in [-0.25, -0.2) is 15.0 Å². The van der Waals surface area contributed by atoms with Crippen LogP contribution >= 0.6 is 0 Å². The highest BCUT2D eigenvalue weighted by Gasteiger charge is 2.06. The zero-order chi connectivity index (χ0) is 12.8.